The summed E-state index contributed by atoms with van der Waals surface area (Å²) in [5, 5.41) is 7.12. The van der Waals surface area contributed by atoms with E-state index >= 15 is 0 Å². The van der Waals surface area contributed by atoms with Crippen molar-refractivity contribution in [1.29, 1.82) is 0 Å². The molecule has 1 aliphatic heterocycles. The maximum absolute atomic E-state index is 12.9. The van der Waals surface area contributed by atoms with Gasteiger partial charge in [-0.05, 0) is 68.4 Å². The van der Waals surface area contributed by atoms with E-state index in [0.29, 0.717) is 6.61 Å². The number of methoxy groups -OCH3 is 1. The van der Waals surface area contributed by atoms with Crippen molar-refractivity contribution in [2.24, 2.45) is 5.41 Å². The van der Waals surface area contributed by atoms with E-state index in [1.165, 1.54) is 0 Å². The third kappa shape index (κ3) is 4.80. The molecular weight excluding hydrogens is 368 g/mol. The Kier molecular flexibility index (Phi) is 6.59. The molecule has 6 heteroatoms. The van der Waals surface area contributed by atoms with Crippen LogP contribution in [0.15, 0.2) is 58.3 Å². The molecular formula is C20H23ClN2O2S. The highest BCUT2D eigenvalue weighted by atomic mass is 35.5. The molecule has 1 heterocycles. The number of piperidine rings is 1. The van der Waals surface area contributed by atoms with Crippen LogP contribution in [0.1, 0.15) is 12.8 Å². The van der Waals surface area contributed by atoms with Gasteiger partial charge < -0.3 is 15.4 Å². The van der Waals surface area contributed by atoms with Crippen molar-refractivity contribution in [3.8, 4) is 0 Å². The van der Waals surface area contributed by atoms with Crippen LogP contribution in [0.2, 0.25) is 5.02 Å². The van der Waals surface area contributed by atoms with Crippen LogP contribution in [0.5, 0.6) is 0 Å². The van der Waals surface area contributed by atoms with Crippen molar-refractivity contribution in [3.05, 3.63) is 53.6 Å². The molecule has 1 aliphatic rings. The van der Waals surface area contributed by atoms with Crippen molar-refractivity contribution in [3.63, 3.8) is 0 Å². The normalized spacial score (nSPS) is 16.2. The quantitative estimate of drug-likeness (QED) is 0.765. The topological polar surface area (TPSA) is 50.4 Å². The Labute approximate surface area is 163 Å². The number of ether oxygens (including phenoxy) is 1. The standard InChI is InChI=1S/C20H23ClN2O2S/c1-25-14-20(9-11-22-12-10-20)19(24)23-16-3-2-4-18(13-16)26-17-7-5-15(21)6-8-17/h2-8,13,22H,9-12,14H2,1H3,(H,23,24). The van der Waals surface area contributed by atoms with Gasteiger partial charge in [0, 0.05) is 27.6 Å². The van der Waals surface area contributed by atoms with Crippen LogP contribution >= 0.6 is 23.4 Å². The molecule has 2 aromatic carbocycles. The smallest absolute Gasteiger partial charge is 0.233 e. The average molecular weight is 391 g/mol. The van der Waals surface area contributed by atoms with Crippen LogP contribution in [0.4, 0.5) is 5.69 Å². The zero-order valence-corrected chi connectivity index (χ0v) is 16.3. The number of hydrogen-bond acceptors (Lipinski definition) is 4. The largest absolute Gasteiger partial charge is 0.384 e. The lowest BCUT2D eigenvalue weighted by atomic mass is 9.78. The Morgan fingerprint density at radius 3 is 2.62 bits per heavy atom. The fourth-order valence-corrected chi connectivity index (χ4v) is 4.16. The fraction of sp³-hybridized carbons (Fsp3) is 0.350. The summed E-state index contributed by atoms with van der Waals surface area (Å²) in [6, 6.07) is 15.6. The first kappa shape index (κ1) is 19.2. The molecule has 4 nitrogen and oxygen atoms in total. The predicted octanol–water partition coefficient (Wildman–Crippen LogP) is 4.45. The van der Waals surface area contributed by atoms with Gasteiger partial charge in [-0.25, -0.2) is 0 Å². The van der Waals surface area contributed by atoms with Gasteiger partial charge in [-0.3, -0.25) is 4.79 Å². The first-order valence-corrected chi connectivity index (χ1v) is 9.85. The van der Waals surface area contributed by atoms with E-state index in [1.54, 1.807) is 18.9 Å². The van der Waals surface area contributed by atoms with Gasteiger partial charge in [0.15, 0.2) is 0 Å². The number of anilines is 1. The molecule has 2 N–H and O–H groups in total. The van der Waals surface area contributed by atoms with Gasteiger partial charge in [-0.1, -0.05) is 29.4 Å². The summed E-state index contributed by atoms with van der Waals surface area (Å²) >= 11 is 7.58. The highest BCUT2D eigenvalue weighted by Crippen LogP contribution is 2.33. The number of halogens is 1. The summed E-state index contributed by atoms with van der Waals surface area (Å²) in [7, 11) is 1.65. The van der Waals surface area contributed by atoms with Crippen molar-refractivity contribution >= 4 is 35.0 Å². The average Bonchev–Trinajstić information content (AvgIpc) is 2.65. The summed E-state index contributed by atoms with van der Waals surface area (Å²) in [5.41, 5.74) is 0.349. The molecule has 0 bridgehead atoms. The number of hydrogen-bond donors (Lipinski definition) is 2. The summed E-state index contributed by atoms with van der Waals surface area (Å²) in [6.07, 6.45) is 1.57. The monoisotopic (exact) mass is 390 g/mol. The maximum Gasteiger partial charge on any atom is 0.233 e. The molecule has 138 valence electrons. The molecule has 0 aliphatic carbocycles. The Morgan fingerprint density at radius 1 is 1.19 bits per heavy atom. The van der Waals surface area contributed by atoms with Crippen LogP contribution in [0.25, 0.3) is 0 Å². The summed E-state index contributed by atoms with van der Waals surface area (Å²) < 4.78 is 5.35. The van der Waals surface area contributed by atoms with E-state index in [2.05, 4.69) is 10.6 Å². The third-order valence-electron chi connectivity index (χ3n) is 4.60. The van der Waals surface area contributed by atoms with Crippen LogP contribution in [-0.2, 0) is 9.53 Å². The zero-order valence-electron chi connectivity index (χ0n) is 14.8. The fourth-order valence-electron chi connectivity index (χ4n) is 3.16. The van der Waals surface area contributed by atoms with E-state index in [0.717, 1.165) is 46.4 Å². The Morgan fingerprint density at radius 2 is 1.92 bits per heavy atom. The molecule has 1 amide bonds. The molecule has 0 unspecified atom stereocenters. The van der Waals surface area contributed by atoms with Gasteiger partial charge in [0.2, 0.25) is 5.91 Å². The second-order valence-corrected chi connectivity index (χ2v) is 8.08. The van der Waals surface area contributed by atoms with Gasteiger partial charge in [-0.2, -0.15) is 0 Å². The lowest BCUT2D eigenvalue weighted by molar-refractivity contribution is -0.130. The van der Waals surface area contributed by atoms with Gasteiger partial charge in [0.05, 0.1) is 12.0 Å². The van der Waals surface area contributed by atoms with Gasteiger partial charge in [0.25, 0.3) is 0 Å². The van der Waals surface area contributed by atoms with Crippen LogP contribution < -0.4 is 10.6 Å². The first-order valence-electron chi connectivity index (χ1n) is 8.66. The number of rotatable bonds is 6. The van der Waals surface area contributed by atoms with E-state index in [4.69, 9.17) is 16.3 Å². The van der Waals surface area contributed by atoms with Crippen molar-refractivity contribution in [1.82, 2.24) is 5.32 Å². The number of carbonyl (C=O) groups excluding carboxylic acids is 1. The summed E-state index contributed by atoms with van der Waals surface area (Å²) in [6.45, 7) is 2.12. The lowest BCUT2D eigenvalue weighted by Gasteiger charge is -2.35. The predicted molar refractivity (Wildman–Crippen MR) is 107 cm³/mol. The van der Waals surface area contributed by atoms with Crippen LogP contribution in [0, 0.1) is 5.41 Å². The highest BCUT2D eigenvalue weighted by molar-refractivity contribution is 7.99. The lowest BCUT2D eigenvalue weighted by Crippen LogP contribution is -2.47. The van der Waals surface area contributed by atoms with Gasteiger partial charge >= 0.3 is 0 Å². The minimum Gasteiger partial charge on any atom is -0.384 e. The second-order valence-electron chi connectivity index (χ2n) is 6.50. The molecule has 1 fully saturated rings. The molecule has 0 radical (unpaired) electrons. The molecule has 0 saturated carbocycles. The number of carbonyl (C=O) groups is 1. The number of benzene rings is 2. The van der Waals surface area contributed by atoms with E-state index in [-0.39, 0.29) is 5.91 Å². The summed E-state index contributed by atoms with van der Waals surface area (Å²) in [5.74, 6) is 0.0366. The Hall–Kier alpha value is -1.53. The Balaban J connectivity index is 1.71. The van der Waals surface area contributed by atoms with Crippen LogP contribution in [0.3, 0.4) is 0 Å². The molecule has 3 rings (SSSR count). The van der Waals surface area contributed by atoms with Crippen molar-refractivity contribution in [2.45, 2.75) is 22.6 Å². The maximum atomic E-state index is 12.9. The molecule has 1 saturated heterocycles. The molecule has 0 spiro atoms. The van der Waals surface area contributed by atoms with Crippen molar-refractivity contribution in [2.75, 3.05) is 32.1 Å². The zero-order chi connectivity index (χ0) is 18.4. The van der Waals surface area contributed by atoms with Crippen LogP contribution in [-0.4, -0.2) is 32.7 Å². The van der Waals surface area contributed by atoms with E-state index in [1.807, 2.05) is 48.5 Å². The molecule has 0 atom stereocenters. The van der Waals surface area contributed by atoms with E-state index < -0.39 is 5.41 Å². The third-order valence-corrected chi connectivity index (χ3v) is 5.85. The first-order chi connectivity index (χ1) is 12.6. The highest BCUT2D eigenvalue weighted by Gasteiger charge is 2.39. The number of amides is 1. The minimum atomic E-state index is -0.459. The molecule has 0 aromatic heterocycles. The second kappa shape index (κ2) is 8.91. The molecule has 2 aromatic rings. The molecule has 26 heavy (non-hydrogen) atoms. The van der Waals surface area contributed by atoms with E-state index in [9.17, 15) is 4.79 Å². The Bertz CT molecular complexity index is 740. The number of nitrogens with one attached hydrogen (secondary N) is 2. The minimum absolute atomic E-state index is 0.0366. The van der Waals surface area contributed by atoms with Crippen molar-refractivity contribution < 1.29 is 9.53 Å². The van der Waals surface area contributed by atoms with Gasteiger partial charge in [0.1, 0.15) is 0 Å². The SMILES string of the molecule is COCC1(C(=O)Nc2cccc(Sc3ccc(Cl)cc3)c2)CCNCC1. The summed E-state index contributed by atoms with van der Waals surface area (Å²) in [4.78, 5) is 15.1. The van der Waals surface area contributed by atoms with Gasteiger partial charge in [-0.15, -0.1) is 0 Å².